The third kappa shape index (κ3) is 4.90. The minimum Gasteiger partial charge on any atom is -0.446 e. The number of fused-ring (bicyclic) bond motifs is 1. The summed E-state index contributed by atoms with van der Waals surface area (Å²) < 4.78 is 30.6. The zero-order chi connectivity index (χ0) is 23.9. The zero-order valence-corrected chi connectivity index (χ0v) is 20.3. The Morgan fingerprint density at radius 3 is 2.24 bits per heavy atom. The number of rotatable bonds is 5. The average Bonchev–Trinajstić information content (AvgIpc) is 3.55. The van der Waals surface area contributed by atoms with Gasteiger partial charge in [-0.1, -0.05) is 18.2 Å². The summed E-state index contributed by atoms with van der Waals surface area (Å²) in [4.78, 5) is 28.7. The summed E-state index contributed by atoms with van der Waals surface area (Å²) >= 11 is 0. The van der Waals surface area contributed by atoms with Gasteiger partial charge in [-0.3, -0.25) is 9.69 Å². The normalized spacial score (nSPS) is 18.3. The lowest BCUT2D eigenvalue weighted by Crippen LogP contribution is -2.51. The van der Waals surface area contributed by atoms with E-state index in [2.05, 4.69) is 0 Å². The molecule has 2 aliphatic rings. The number of hydrogen-bond acceptors (Lipinski definition) is 5. The molecule has 1 atom stereocenters. The molecule has 1 aliphatic heterocycles. The van der Waals surface area contributed by atoms with Crippen LogP contribution in [0.5, 0.6) is 0 Å². The lowest BCUT2D eigenvalue weighted by molar-refractivity contribution is -0.117. The lowest BCUT2D eigenvalue weighted by Gasteiger charge is -2.40. The minimum absolute atomic E-state index is 0.0985. The Labute approximate surface area is 195 Å². The van der Waals surface area contributed by atoms with Gasteiger partial charge in [-0.25, -0.2) is 13.2 Å². The van der Waals surface area contributed by atoms with Crippen molar-refractivity contribution in [2.75, 3.05) is 22.1 Å². The second-order valence-electron chi connectivity index (χ2n) is 9.23. The fraction of sp³-hybridized carbons (Fsp3) is 0.440. The molecule has 33 heavy (non-hydrogen) atoms. The smallest absolute Gasteiger partial charge is 0.414 e. The van der Waals surface area contributed by atoms with Crippen LogP contribution in [0.3, 0.4) is 0 Å². The van der Waals surface area contributed by atoms with Crippen LogP contribution in [0.2, 0.25) is 0 Å². The molecule has 0 radical (unpaired) electrons. The first kappa shape index (κ1) is 23.3. The molecular weight excluding hydrogens is 440 g/mol. The van der Waals surface area contributed by atoms with Gasteiger partial charge in [0.05, 0.1) is 34.2 Å². The van der Waals surface area contributed by atoms with Crippen LogP contribution in [0.1, 0.15) is 40.5 Å². The SMILES string of the molecule is CC(=O)N1c2ccc(-c3ccc(S(=O)(=O)CC4CC4)cc3)cc2N(C(=O)OC(C)C)CC1C. The third-order valence-corrected chi connectivity index (χ3v) is 7.91. The third-order valence-electron chi connectivity index (χ3n) is 6.01. The summed E-state index contributed by atoms with van der Waals surface area (Å²) in [6.45, 7) is 7.32. The number of sulfone groups is 1. The minimum atomic E-state index is -3.28. The first-order valence-electron chi connectivity index (χ1n) is 11.3. The summed E-state index contributed by atoms with van der Waals surface area (Å²) in [6, 6.07) is 12.2. The Morgan fingerprint density at radius 1 is 1.03 bits per heavy atom. The molecule has 1 unspecified atom stereocenters. The van der Waals surface area contributed by atoms with E-state index in [9.17, 15) is 18.0 Å². The Hall–Kier alpha value is -2.87. The number of ether oxygens (including phenoxy) is 1. The highest BCUT2D eigenvalue weighted by molar-refractivity contribution is 7.91. The van der Waals surface area contributed by atoms with Crippen LogP contribution in [0.4, 0.5) is 16.2 Å². The molecule has 1 heterocycles. The van der Waals surface area contributed by atoms with Crippen LogP contribution >= 0.6 is 0 Å². The van der Waals surface area contributed by atoms with Gasteiger partial charge in [0.1, 0.15) is 0 Å². The fourth-order valence-corrected chi connectivity index (χ4v) is 5.97. The predicted molar refractivity (Wildman–Crippen MR) is 128 cm³/mol. The van der Waals surface area contributed by atoms with Crippen molar-refractivity contribution in [3.63, 3.8) is 0 Å². The fourth-order valence-electron chi connectivity index (χ4n) is 4.27. The number of anilines is 2. The topological polar surface area (TPSA) is 84.0 Å². The summed E-state index contributed by atoms with van der Waals surface area (Å²) in [5.74, 6) is 0.397. The van der Waals surface area contributed by atoms with Crippen molar-refractivity contribution >= 4 is 33.2 Å². The molecule has 0 bridgehead atoms. The molecule has 0 saturated heterocycles. The second-order valence-corrected chi connectivity index (χ2v) is 11.3. The lowest BCUT2D eigenvalue weighted by atomic mass is 10.0. The monoisotopic (exact) mass is 470 g/mol. The van der Waals surface area contributed by atoms with Crippen LogP contribution in [-0.4, -0.2) is 44.9 Å². The average molecular weight is 471 g/mol. The van der Waals surface area contributed by atoms with Crippen LogP contribution in [0, 0.1) is 5.92 Å². The largest absolute Gasteiger partial charge is 0.446 e. The van der Waals surface area contributed by atoms with Crippen molar-refractivity contribution in [1.29, 1.82) is 0 Å². The van der Waals surface area contributed by atoms with Gasteiger partial charge in [0.25, 0.3) is 0 Å². The number of amides is 2. The van der Waals surface area contributed by atoms with E-state index in [0.717, 1.165) is 24.0 Å². The Bertz CT molecular complexity index is 1170. The number of hydrogen-bond donors (Lipinski definition) is 0. The maximum atomic E-state index is 12.8. The van der Waals surface area contributed by atoms with Gasteiger partial charge >= 0.3 is 6.09 Å². The quantitative estimate of drug-likeness (QED) is 0.635. The van der Waals surface area contributed by atoms with Crippen molar-refractivity contribution in [2.24, 2.45) is 5.92 Å². The predicted octanol–water partition coefficient (Wildman–Crippen LogP) is 4.64. The van der Waals surface area contributed by atoms with E-state index in [0.29, 0.717) is 28.7 Å². The van der Waals surface area contributed by atoms with Gasteiger partial charge in [0, 0.05) is 13.5 Å². The van der Waals surface area contributed by atoms with E-state index < -0.39 is 15.9 Å². The Balaban J connectivity index is 1.70. The van der Waals surface area contributed by atoms with Crippen molar-refractivity contribution < 1.29 is 22.7 Å². The summed E-state index contributed by atoms with van der Waals surface area (Å²) in [5.41, 5.74) is 2.89. The van der Waals surface area contributed by atoms with Crippen molar-refractivity contribution in [1.82, 2.24) is 0 Å². The molecule has 176 valence electrons. The molecule has 1 saturated carbocycles. The Morgan fingerprint density at radius 2 is 1.67 bits per heavy atom. The molecule has 2 aromatic carbocycles. The van der Waals surface area contributed by atoms with Crippen LogP contribution in [0.15, 0.2) is 47.4 Å². The molecule has 0 aromatic heterocycles. The van der Waals surface area contributed by atoms with E-state index in [1.807, 2.05) is 25.1 Å². The number of carbonyl (C=O) groups is 2. The first-order valence-corrected chi connectivity index (χ1v) is 13.0. The van der Waals surface area contributed by atoms with E-state index in [4.69, 9.17) is 4.74 Å². The molecular formula is C25H30N2O5S. The maximum Gasteiger partial charge on any atom is 0.414 e. The van der Waals surface area contributed by atoms with Gasteiger partial charge in [-0.2, -0.15) is 0 Å². The van der Waals surface area contributed by atoms with Gasteiger partial charge in [0.2, 0.25) is 5.91 Å². The van der Waals surface area contributed by atoms with Crippen molar-refractivity contribution in [3.8, 4) is 11.1 Å². The maximum absolute atomic E-state index is 12.8. The molecule has 7 nitrogen and oxygen atoms in total. The van der Waals surface area contributed by atoms with Crippen LogP contribution < -0.4 is 9.80 Å². The second kappa shape index (κ2) is 8.82. The molecule has 0 N–H and O–H groups in total. The Kier molecular flexibility index (Phi) is 6.22. The molecule has 0 spiro atoms. The van der Waals surface area contributed by atoms with E-state index in [1.165, 1.54) is 6.92 Å². The molecule has 1 aliphatic carbocycles. The number of nitrogens with zero attached hydrogens (tertiary/aromatic N) is 2. The van der Waals surface area contributed by atoms with Crippen LogP contribution in [-0.2, 0) is 19.4 Å². The molecule has 4 rings (SSSR count). The van der Waals surface area contributed by atoms with Gasteiger partial charge < -0.3 is 9.64 Å². The van der Waals surface area contributed by atoms with Crippen molar-refractivity contribution in [2.45, 2.75) is 57.6 Å². The van der Waals surface area contributed by atoms with E-state index in [1.54, 1.807) is 47.9 Å². The van der Waals surface area contributed by atoms with Gasteiger partial charge in [0.15, 0.2) is 9.84 Å². The zero-order valence-electron chi connectivity index (χ0n) is 19.4. The van der Waals surface area contributed by atoms with Gasteiger partial charge in [-0.15, -0.1) is 0 Å². The summed E-state index contributed by atoms with van der Waals surface area (Å²) in [6.07, 6.45) is 1.24. The highest BCUT2D eigenvalue weighted by Gasteiger charge is 2.35. The van der Waals surface area contributed by atoms with E-state index >= 15 is 0 Å². The highest BCUT2D eigenvalue weighted by Crippen LogP contribution is 2.39. The standard InChI is InChI=1S/C25H30N2O5S/c1-16(2)32-25(29)26-14-17(3)27(18(4)28)23-12-9-21(13-24(23)26)20-7-10-22(11-8-20)33(30,31)15-19-5-6-19/h7-13,16-17,19H,5-6,14-15H2,1-4H3. The number of carbonyl (C=O) groups excluding carboxylic acids is 2. The first-order chi connectivity index (χ1) is 15.6. The molecule has 1 fully saturated rings. The van der Waals surface area contributed by atoms with Crippen LogP contribution in [0.25, 0.3) is 11.1 Å². The molecule has 8 heteroatoms. The number of benzene rings is 2. The van der Waals surface area contributed by atoms with E-state index in [-0.39, 0.29) is 23.8 Å². The van der Waals surface area contributed by atoms with Crippen molar-refractivity contribution in [3.05, 3.63) is 42.5 Å². The highest BCUT2D eigenvalue weighted by atomic mass is 32.2. The summed E-state index contributed by atoms with van der Waals surface area (Å²) in [5, 5.41) is 0. The summed E-state index contributed by atoms with van der Waals surface area (Å²) in [7, 11) is -3.28. The molecule has 2 aromatic rings. The van der Waals surface area contributed by atoms with Gasteiger partial charge in [-0.05, 0) is 74.9 Å². The molecule has 2 amide bonds.